The van der Waals surface area contributed by atoms with Gasteiger partial charge in [0, 0.05) is 19.0 Å². The standard InChI is InChI=1S/C14H21N3O2/c1-2-5-12(16)10-14(18)17(8-4-7-15)11-13-6-3-9-19-13/h3,6,9,12H,2,4-5,8,10-11,16H2,1H3. The van der Waals surface area contributed by atoms with Crippen molar-refractivity contribution in [3.05, 3.63) is 24.2 Å². The lowest BCUT2D eigenvalue weighted by atomic mass is 10.1. The van der Waals surface area contributed by atoms with Gasteiger partial charge >= 0.3 is 0 Å². The number of nitrogens with two attached hydrogens (primary N) is 1. The fourth-order valence-corrected chi connectivity index (χ4v) is 1.89. The molecule has 1 aromatic heterocycles. The van der Waals surface area contributed by atoms with E-state index in [-0.39, 0.29) is 11.9 Å². The first-order valence-corrected chi connectivity index (χ1v) is 6.60. The Labute approximate surface area is 114 Å². The average molecular weight is 263 g/mol. The highest BCUT2D eigenvalue weighted by Crippen LogP contribution is 2.09. The van der Waals surface area contributed by atoms with Crippen LogP contribution in [0.15, 0.2) is 22.8 Å². The van der Waals surface area contributed by atoms with E-state index in [0.29, 0.717) is 25.9 Å². The van der Waals surface area contributed by atoms with E-state index in [1.54, 1.807) is 17.2 Å². The predicted molar refractivity (Wildman–Crippen MR) is 71.9 cm³/mol. The lowest BCUT2D eigenvalue weighted by Crippen LogP contribution is -2.36. The first-order valence-electron chi connectivity index (χ1n) is 6.60. The van der Waals surface area contributed by atoms with E-state index in [9.17, 15) is 4.79 Å². The van der Waals surface area contributed by atoms with Crippen LogP contribution in [0.5, 0.6) is 0 Å². The van der Waals surface area contributed by atoms with Crippen LogP contribution >= 0.6 is 0 Å². The topological polar surface area (TPSA) is 83.3 Å². The quantitative estimate of drug-likeness (QED) is 0.778. The molecule has 0 fully saturated rings. The number of nitrogens with zero attached hydrogens (tertiary/aromatic N) is 2. The number of nitriles is 1. The van der Waals surface area contributed by atoms with Crippen LogP contribution in [0.2, 0.25) is 0 Å². The number of furan rings is 1. The van der Waals surface area contributed by atoms with Crippen molar-refractivity contribution in [2.75, 3.05) is 6.54 Å². The van der Waals surface area contributed by atoms with Crippen LogP contribution in [0.25, 0.3) is 0 Å². The second-order valence-corrected chi connectivity index (χ2v) is 4.56. The molecule has 0 aromatic carbocycles. The van der Waals surface area contributed by atoms with Crippen LogP contribution in [-0.2, 0) is 11.3 Å². The van der Waals surface area contributed by atoms with Gasteiger partial charge in [0.1, 0.15) is 5.76 Å². The zero-order valence-corrected chi connectivity index (χ0v) is 11.3. The van der Waals surface area contributed by atoms with Gasteiger partial charge < -0.3 is 15.1 Å². The number of carbonyl (C=O) groups excluding carboxylic acids is 1. The van der Waals surface area contributed by atoms with E-state index in [1.807, 2.05) is 13.0 Å². The maximum atomic E-state index is 12.2. The van der Waals surface area contributed by atoms with Crippen molar-refractivity contribution < 1.29 is 9.21 Å². The summed E-state index contributed by atoms with van der Waals surface area (Å²) in [6.07, 6.45) is 4.00. The summed E-state index contributed by atoms with van der Waals surface area (Å²) in [4.78, 5) is 13.8. The molecule has 19 heavy (non-hydrogen) atoms. The Morgan fingerprint density at radius 1 is 1.63 bits per heavy atom. The van der Waals surface area contributed by atoms with Crippen LogP contribution in [-0.4, -0.2) is 23.4 Å². The highest BCUT2D eigenvalue weighted by atomic mass is 16.3. The summed E-state index contributed by atoms with van der Waals surface area (Å²) >= 11 is 0. The molecule has 0 saturated carbocycles. The zero-order chi connectivity index (χ0) is 14.1. The van der Waals surface area contributed by atoms with Gasteiger partial charge in [-0.3, -0.25) is 4.79 Å². The average Bonchev–Trinajstić information content (AvgIpc) is 2.87. The Bertz CT molecular complexity index is 409. The third-order valence-corrected chi connectivity index (χ3v) is 2.87. The molecule has 104 valence electrons. The summed E-state index contributed by atoms with van der Waals surface area (Å²) in [5, 5.41) is 8.65. The largest absolute Gasteiger partial charge is 0.467 e. The maximum Gasteiger partial charge on any atom is 0.224 e. The van der Waals surface area contributed by atoms with Gasteiger partial charge in [-0.05, 0) is 18.6 Å². The van der Waals surface area contributed by atoms with E-state index in [4.69, 9.17) is 15.4 Å². The SMILES string of the molecule is CCCC(N)CC(=O)N(CCC#N)Cc1ccco1. The molecule has 1 rings (SSSR count). The molecular formula is C14H21N3O2. The Balaban J connectivity index is 2.57. The van der Waals surface area contributed by atoms with Crippen molar-refractivity contribution in [2.24, 2.45) is 5.73 Å². The molecule has 5 heteroatoms. The molecule has 0 saturated heterocycles. The number of carbonyl (C=O) groups is 1. The minimum absolute atomic E-state index is 0.0207. The normalized spacial score (nSPS) is 11.8. The number of hydrogen-bond donors (Lipinski definition) is 1. The molecule has 1 unspecified atom stereocenters. The van der Waals surface area contributed by atoms with Crippen LogP contribution in [0.3, 0.4) is 0 Å². The van der Waals surface area contributed by atoms with E-state index >= 15 is 0 Å². The lowest BCUT2D eigenvalue weighted by Gasteiger charge is -2.22. The monoisotopic (exact) mass is 263 g/mol. The Morgan fingerprint density at radius 2 is 2.42 bits per heavy atom. The Kier molecular flexibility index (Phi) is 6.69. The van der Waals surface area contributed by atoms with E-state index in [2.05, 4.69) is 6.07 Å². The van der Waals surface area contributed by atoms with Crippen molar-refractivity contribution in [1.29, 1.82) is 5.26 Å². The van der Waals surface area contributed by atoms with E-state index in [0.717, 1.165) is 18.6 Å². The number of rotatable bonds is 8. The van der Waals surface area contributed by atoms with Gasteiger partial charge in [-0.2, -0.15) is 5.26 Å². The zero-order valence-electron chi connectivity index (χ0n) is 11.3. The summed E-state index contributed by atoms with van der Waals surface area (Å²) < 4.78 is 5.24. The fraction of sp³-hybridized carbons (Fsp3) is 0.571. The lowest BCUT2D eigenvalue weighted by molar-refractivity contribution is -0.132. The summed E-state index contributed by atoms with van der Waals surface area (Å²) in [5.41, 5.74) is 5.89. The summed E-state index contributed by atoms with van der Waals surface area (Å²) in [6, 6.07) is 5.54. The van der Waals surface area contributed by atoms with Crippen LogP contribution in [0.4, 0.5) is 0 Å². The second kappa shape index (κ2) is 8.33. The maximum absolute atomic E-state index is 12.2. The molecule has 0 aliphatic carbocycles. The van der Waals surface area contributed by atoms with Crippen molar-refractivity contribution in [1.82, 2.24) is 4.90 Å². The molecular weight excluding hydrogens is 242 g/mol. The minimum Gasteiger partial charge on any atom is -0.467 e. The first-order chi connectivity index (χ1) is 9.17. The predicted octanol–water partition coefficient (Wildman–Crippen LogP) is 2.04. The van der Waals surface area contributed by atoms with Gasteiger partial charge in [0.05, 0.1) is 25.3 Å². The molecule has 0 spiro atoms. The van der Waals surface area contributed by atoms with E-state index in [1.165, 1.54) is 0 Å². The molecule has 5 nitrogen and oxygen atoms in total. The smallest absolute Gasteiger partial charge is 0.224 e. The van der Waals surface area contributed by atoms with Gasteiger partial charge in [-0.25, -0.2) is 0 Å². The van der Waals surface area contributed by atoms with Gasteiger partial charge in [-0.15, -0.1) is 0 Å². The second-order valence-electron chi connectivity index (χ2n) is 4.56. The molecule has 1 heterocycles. The Hall–Kier alpha value is -1.80. The van der Waals surface area contributed by atoms with E-state index < -0.39 is 0 Å². The molecule has 1 amide bonds. The molecule has 1 aromatic rings. The van der Waals surface area contributed by atoms with Crippen LogP contribution < -0.4 is 5.73 Å². The third kappa shape index (κ3) is 5.58. The van der Waals surface area contributed by atoms with Gasteiger partial charge in [0.2, 0.25) is 5.91 Å². The fourth-order valence-electron chi connectivity index (χ4n) is 1.89. The van der Waals surface area contributed by atoms with Gasteiger partial charge in [0.25, 0.3) is 0 Å². The molecule has 0 radical (unpaired) electrons. The van der Waals surface area contributed by atoms with Crippen molar-refractivity contribution in [3.63, 3.8) is 0 Å². The number of hydrogen-bond acceptors (Lipinski definition) is 4. The van der Waals surface area contributed by atoms with Crippen molar-refractivity contribution in [3.8, 4) is 6.07 Å². The van der Waals surface area contributed by atoms with Crippen LogP contribution in [0, 0.1) is 11.3 Å². The third-order valence-electron chi connectivity index (χ3n) is 2.87. The summed E-state index contributed by atoms with van der Waals surface area (Å²) in [7, 11) is 0. The molecule has 0 aliphatic heterocycles. The Morgan fingerprint density at radius 3 is 3.00 bits per heavy atom. The molecule has 0 bridgehead atoms. The van der Waals surface area contributed by atoms with Gasteiger partial charge in [0.15, 0.2) is 0 Å². The first kappa shape index (κ1) is 15.3. The van der Waals surface area contributed by atoms with Gasteiger partial charge in [-0.1, -0.05) is 13.3 Å². The highest BCUT2D eigenvalue weighted by molar-refractivity contribution is 5.76. The molecule has 0 aliphatic rings. The molecule has 2 N–H and O–H groups in total. The minimum atomic E-state index is -0.112. The number of amides is 1. The van der Waals surface area contributed by atoms with Crippen molar-refractivity contribution >= 4 is 5.91 Å². The summed E-state index contributed by atoms with van der Waals surface area (Å²) in [5.74, 6) is 0.697. The molecule has 1 atom stereocenters. The summed E-state index contributed by atoms with van der Waals surface area (Å²) in [6.45, 7) is 2.85. The van der Waals surface area contributed by atoms with Crippen molar-refractivity contribution in [2.45, 2.75) is 45.2 Å². The highest BCUT2D eigenvalue weighted by Gasteiger charge is 2.17. The van der Waals surface area contributed by atoms with Crippen LogP contribution in [0.1, 0.15) is 38.4 Å².